The highest BCUT2D eigenvalue weighted by Gasteiger charge is 2.35. The lowest BCUT2D eigenvalue weighted by Gasteiger charge is -2.22. The van der Waals surface area contributed by atoms with Gasteiger partial charge in [-0.2, -0.15) is 18.3 Å². The molecule has 0 saturated heterocycles. The molecule has 0 unspecified atom stereocenters. The lowest BCUT2D eigenvalue weighted by molar-refractivity contribution is -0.149. The minimum Gasteiger partial charge on any atom is -0.480 e. The SMILES string of the molecule is Cc1nn(C)c(C)c1C(=O)N(CC(=O)O)CC(F)(F)F. The number of alkyl halides is 3. The van der Waals surface area contributed by atoms with E-state index < -0.39 is 31.1 Å². The fourth-order valence-electron chi connectivity index (χ4n) is 1.82. The molecule has 9 heteroatoms. The van der Waals surface area contributed by atoms with Crippen LogP contribution in [0.4, 0.5) is 13.2 Å². The average molecular weight is 293 g/mol. The number of hydrogen-bond acceptors (Lipinski definition) is 3. The molecule has 1 rings (SSSR count). The van der Waals surface area contributed by atoms with E-state index in [-0.39, 0.29) is 16.2 Å². The highest BCUT2D eigenvalue weighted by atomic mass is 19.4. The number of halogens is 3. The maximum absolute atomic E-state index is 12.4. The standard InChI is InChI=1S/C11H14F3N3O3/c1-6-9(7(2)16(3)15-6)10(20)17(4-8(18)19)5-11(12,13)14/h4-5H2,1-3H3,(H,18,19). The van der Waals surface area contributed by atoms with Crippen LogP contribution in [-0.4, -0.2) is 50.9 Å². The largest absolute Gasteiger partial charge is 0.480 e. The summed E-state index contributed by atoms with van der Waals surface area (Å²) in [6, 6.07) is 0. The zero-order valence-corrected chi connectivity index (χ0v) is 11.2. The van der Waals surface area contributed by atoms with E-state index in [0.717, 1.165) is 0 Å². The zero-order chi connectivity index (χ0) is 15.7. The predicted octanol–water partition coefficient (Wildman–Crippen LogP) is 1.13. The second kappa shape index (κ2) is 5.51. The van der Waals surface area contributed by atoms with Crippen LogP contribution in [-0.2, 0) is 11.8 Å². The summed E-state index contributed by atoms with van der Waals surface area (Å²) in [6.45, 7) is 0.366. The van der Waals surface area contributed by atoms with Crippen LogP contribution in [0.5, 0.6) is 0 Å². The molecule has 112 valence electrons. The molecule has 0 aliphatic carbocycles. The number of amides is 1. The number of nitrogens with zero attached hydrogens (tertiary/aromatic N) is 3. The summed E-state index contributed by atoms with van der Waals surface area (Å²) in [5.74, 6) is -2.50. The van der Waals surface area contributed by atoms with Gasteiger partial charge in [0.15, 0.2) is 0 Å². The normalized spacial score (nSPS) is 11.5. The molecule has 0 aliphatic heterocycles. The molecule has 0 aromatic carbocycles. The smallest absolute Gasteiger partial charge is 0.406 e. The van der Waals surface area contributed by atoms with Crippen LogP contribution < -0.4 is 0 Å². The van der Waals surface area contributed by atoms with Crippen molar-refractivity contribution < 1.29 is 27.9 Å². The van der Waals surface area contributed by atoms with E-state index in [4.69, 9.17) is 5.11 Å². The van der Waals surface area contributed by atoms with E-state index in [1.54, 1.807) is 7.05 Å². The van der Waals surface area contributed by atoms with E-state index in [0.29, 0.717) is 5.69 Å². The molecule has 20 heavy (non-hydrogen) atoms. The minimum absolute atomic E-state index is 0.00185. The van der Waals surface area contributed by atoms with Crippen LogP contribution in [0, 0.1) is 13.8 Å². The fourth-order valence-corrected chi connectivity index (χ4v) is 1.82. The lowest BCUT2D eigenvalue weighted by Crippen LogP contribution is -2.42. The average Bonchev–Trinajstić information content (AvgIpc) is 2.48. The first-order valence-corrected chi connectivity index (χ1v) is 5.61. The van der Waals surface area contributed by atoms with Crippen molar-refractivity contribution in [2.24, 2.45) is 7.05 Å². The second-order valence-electron chi connectivity index (χ2n) is 4.34. The molecule has 0 saturated carbocycles. The summed E-state index contributed by atoms with van der Waals surface area (Å²) in [6.07, 6.45) is -4.67. The van der Waals surface area contributed by atoms with Gasteiger partial charge in [0.05, 0.1) is 11.3 Å². The topological polar surface area (TPSA) is 75.4 Å². The number of aromatic nitrogens is 2. The summed E-state index contributed by atoms with van der Waals surface area (Å²) in [7, 11) is 1.55. The molecular formula is C11H14F3N3O3. The van der Waals surface area contributed by atoms with Crippen molar-refractivity contribution in [1.29, 1.82) is 0 Å². The van der Waals surface area contributed by atoms with E-state index in [1.807, 2.05) is 0 Å². The van der Waals surface area contributed by atoms with Gasteiger partial charge < -0.3 is 10.0 Å². The Labute approximate surface area is 112 Å². The number of carboxylic acids is 1. The van der Waals surface area contributed by atoms with Crippen molar-refractivity contribution in [1.82, 2.24) is 14.7 Å². The van der Waals surface area contributed by atoms with Crippen molar-refractivity contribution in [3.05, 3.63) is 17.0 Å². The Kier molecular flexibility index (Phi) is 4.41. The summed E-state index contributed by atoms with van der Waals surface area (Å²) in [5.41, 5.74) is 0.635. The maximum atomic E-state index is 12.4. The first kappa shape index (κ1) is 16.0. The molecular weight excluding hydrogens is 279 g/mol. The van der Waals surface area contributed by atoms with Crippen LogP contribution in [0.3, 0.4) is 0 Å². The monoisotopic (exact) mass is 293 g/mol. The molecule has 1 aromatic heterocycles. The third kappa shape index (κ3) is 3.72. The van der Waals surface area contributed by atoms with Gasteiger partial charge in [0.2, 0.25) is 0 Å². The number of aryl methyl sites for hydroxylation is 2. The van der Waals surface area contributed by atoms with Crippen molar-refractivity contribution in [3.8, 4) is 0 Å². The number of carbonyl (C=O) groups is 2. The van der Waals surface area contributed by atoms with Crippen LogP contribution in [0.25, 0.3) is 0 Å². The van der Waals surface area contributed by atoms with E-state index in [1.165, 1.54) is 18.5 Å². The number of hydrogen-bond donors (Lipinski definition) is 1. The third-order valence-electron chi connectivity index (χ3n) is 2.71. The van der Waals surface area contributed by atoms with Gasteiger partial charge in [-0.15, -0.1) is 0 Å². The number of aliphatic carboxylic acids is 1. The Morgan fingerprint density at radius 2 is 1.90 bits per heavy atom. The molecule has 1 heterocycles. The van der Waals surface area contributed by atoms with Crippen molar-refractivity contribution in [2.45, 2.75) is 20.0 Å². The van der Waals surface area contributed by atoms with Gasteiger partial charge >= 0.3 is 12.1 Å². The molecule has 0 fully saturated rings. The zero-order valence-electron chi connectivity index (χ0n) is 11.2. The Balaban J connectivity index is 3.13. The quantitative estimate of drug-likeness (QED) is 0.903. The van der Waals surface area contributed by atoms with Gasteiger partial charge in [-0.25, -0.2) is 0 Å². The summed E-state index contributed by atoms with van der Waals surface area (Å²) in [4.78, 5) is 23.0. The van der Waals surface area contributed by atoms with E-state index in [9.17, 15) is 22.8 Å². The summed E-state index contributed by atoms with van der Waals surface area (Å²) < 4.78 is 38.6. The van der Waals surface area contributed by atoms with E-state index >= 15 is 0 Å². The van der Waals surface area contributed by atoms with Crippen molar-refractivity contribution >= 4 is 11.9 Å². The maximum Gasteiger partial charge on any atom is 0.406 e. The van der Waals surface area contributed by atoms with E-state index in [2.05, 4.69) is 5.10 Å². The van der Waals surface area contributed by atoms with Gasteiger partial charge in [-0.05, 0) is 13.8 Å². The van der Waals surface area contributed by atoms with Crippen LogP contribution >= 0.6 is 0 Å². The highest BCUT2D eigenvalue weighted by molar-refractivity contribution is 5.97. The fraction of sp³-hybridized carbons (Fsp3) is 0.545. The Bertz CT molecular complexity index is 537. The first-order valence-electron chi connectivity index (χ1n) is 5.61. The molecule has 1 amide bonds. The van der Waals surface area contributed by atoms with Crippen molar-refractivity contribution in [3.63, 3.8) is 0 Å². The Morgan fingerprint density at radius 1 is 1.35 bits per heavy atom. The lowest BCUT2D eigenvalue weighted by atomic mass is 10.1. The van der Waals surface area contributed by atoms with Gasteiger partial charge in [0.25, 0.3) is 5.91 Å². The molecule has 0 spiro atoms. The molecule has 6 nitrogen and oxygen atoms in total. The highest BCUT2D eigenvalue weighted by Crippen LogP contribution is 2.20. The molecule has 1 aromatic rings. The van der Waals surface area contributed by atoms with Crippen LogP contribution in [0.15, 0.2) is 0 Å². The number of carboxylic acid groups (broad SMARTS) is 1. The molecule has 1 N–H and O–H groups in total. The second-order valence-corrected chi connectivity index (χ2v) is 4.34. The molecule has 0 atom stereocenters. The summed E-state index contributed by atoms with van der Waals surface area (Å²) in [5, 5.41) is 12.6. The molecule has 0 aliphatic rings. The van der Waals surface area contributed by atoms with Crippen LogP contribution in [0.1, 0.15) is 21.7 Å². The molecule has 0 bridgehead atoms. The predicted molar refractivity (Wildman–Crippen MR) is 62.3 cm³/mol. The Morgan fingerprint density at radius 3 is 2.25 bits per heavy atom. The third-order valence-corrected chi connectivity index (χ3v) is 2.71. The molecule has 0 radical (unpaired) electrons. The van der Waals surface area contributed by atoms with Crippen molar-refractivity contribution in [2.75, 3.05) is 13.1 Å². The minimum atomic E-state index is -4.67. The van der Waals surface area contributed by atoms with Gasteiger partial charge in [-0.3, -0.25) is 14.3 Å². The van der Waals surface area contributed by atoms with Crippen LogP contribution in [0.2, 0.25) is 0 Å². The van der Waals surface area contributed by atoms with Gasteiger partial charge in [0.1, 0.15) is 13.1 Å². The Hall–Kier alpha value is -2.06. The number of rotatable bonds is 4. The number of carbonyl (C=O) groups excluding carboxylic acids is 1. The van der Waals surface area contributed by atoms with Gasteiger partial charge in [-0.1, -0.05) is 0 Å². The summed E-state index contributed by atoms with van der Waals surface area (Å²) >= 11 is 0. The first-order chi connectivity index (χ1) is 9.03. The van der Waals surface area contributed by atoms with Gasteiger partial charge in [0, 0.05) is 12.7 Å².